The molecule has 0 heterocycles. The van der Waals surface area contributed by atoms with Gasteiger partial charge in [0.1, 0.15) is 0 Å². The summed E-state index contributed by atoms with van der Waals surface area (Å²) in [4.78, 5) is 14.4. The van der Waals surface area contributed by atoms with E-state index in [9.17, 15) is 4.79 Å². The minimum absolute atomic E-state index is 0.0840. The van der Waals surface area contributed by atoms with Crippen molar-refractivity contribution in [3.63, 3.8) is 0 Å². The minimum atomic E-state index is 0.0840. The number of allylic oxidation sites excluding steroid dienone is 1. The lowest BCUT2D eigenvalue weighted by Gasteiger charge is -2.33. The number of carbonyl (C=O) groups excluding carboxylic acids is 1. The van der Waals surface area contributed by atoms with Crippen LogP contribution in [0.4, 0.5) is 0 Å². The van der Waals surface area contributed by atoms with Gasteiger partial charge in [-0.15, -0.1) is 0 Å². The van der Waals surface area contributed by atoms with Gasteiger partial charge in [0.15, 0.2) is 5.78 Å². The molecule has 1 atom stereocenters. The third kappa shape index (κ3) is 3.08. The molecular formula is C16H21NO. The molecule has 1 aromatic carbocycles. The summed E-state index contributed by atoms with van der Waals surface area (Å²) in [5.41, 5.74) is 2.36. The van der Waals surface area contributed by atoms with E-state index in [2.05, 4.69) is 30.5 Å². The molecule has 96 valence electrons. The Hall–Kier alpha value is -1.41. The van der Waals surface area contributed by atoms with Crippen LogP contribution in [-0.4, -0.2) is 23.3 Å². The SMILES string of the molecule is C=C1CCC(N(CC)Cc2ccccc2)C(=O)C1. The van der Waals surface area contributed by atoms with Crippen LogP contribution in [0.5, 0.6) is 0 Å². The van der Waals surface area contributed by atoms with Crippen LogP contribution in [0.3, 0.4) is 0 Å². The van der Waals surface area contributed by atoms with Gasteiger partial charge in [-0.05, 0) is 24.9 Å². The van der Waals surface area contributed by atoms with E-state index in [0.29, 0.717) is 12.2 Å². The molecule has 2 heteroatoms. The van der Waals surface area contributed by atoms with Gasteiger partial charge in [-0.25, -0.2) is 0 Å². The molecule has 0 aliphatic heterocycles. The molecule has 2 nitrogen and oxygen atoms in total. The van der Waals surface area contributed by atoms with Crippen LogP contribution in [0.1, 0.15) is 31.7 Å². The molecule has 1 aromatic rings. The fourth-order valence-electron chi connectivity index (χ4n) is 2.60. The summed E-state index contributed by atoms with van der Waals surface area (Å²) in [7, 11) is 0. The van der Waals surface area contributed by atoms with Crippen LogP contribution in [0, 0.1) is 0 Å². The van der Waals surface area contributed by atoms with Gasteiger partial charge in [0.05, 0.1) is 6.04 Å². The van der Waals surface area contributed by atoms with Crippen LogP contribution < -0.4 is 0 Å². The van der Waals surface area contributed by atoms with Crippen molar-refractivity contribution in [1.29, 1.82) is 0 Å². The van der Waals surface area contributed by atoms with Crippen LogP contribution >= 0.6 is 0 Å². The monoisotopic (exact) mass is 243 g/mol. The number of benzene rings is 1. The highest BCUT2D eigenvalue weighted by Crippen LogP contribution is 2.24. The first-order valence-corrected chi connectivity index (χ1v) is 6.68. The normalized spacial score (nSPS) is 20.4. The Labute approximate surface area is 109 Å². The van der Waals surface area contributed by atoms with Crippen molar-refractivity contribution in [1.82, 2.24) is 4.90 Å². The molecular weight excluding hydrogens is 222 g/mol. The fourth-order valence-corrected chi connectivity index (χ4v) is 2.60. The molecule has 0 radical (unpaired) electrons. The van der Waals surface area contributed by atoms with Gasteiger partial charge in [0.25, 0.3) is 0 Å². The van der Waals surface area contributed by atoms with Crippen LogP contribution in [-0.2, 0) is 11.3 Å². The predicted molar refractivity (Wildman–Crippen MR) is 74.3 cm³/mol. The summed E-state index contributed by atoms with van der Waals surface area (Å²) in [5, 5.41) is 0. The number of Topliss-reactive ketones (excluding diaryl/α,β-unsaturated/α-hetero) is 1. The summed E-state index contributed by atoms with van der Waals surface area (Å²) >= 11 is 0. The largest absolute Gasteiger partial charge is 0.298 e. The molecule has 0 saturated heterocycles. The van der Waals surface area contributed by atoms with E-state index in [1.807, 2.05) is 18.2 Å². The second-order valence-corrected chi connectivity index (χ2v) is 5.00. The number of ketones is 1. The van der Waals surface area contributed by atoms with Gasteiger partial charge in [-0.1, -0.05) is 49.4 Å². The van der Waals surface area contributed by atoms with E-state index in [1.54, 1.807) is 0 Å². The average molecular weight is 243 g/mol. The molecule has 0 amide bonds. The van der Waals surface area contributed by atoms with E-state index in [-0.39, 0.29) is 6.04 Å². The molecule has 0 bridgehead atoms. The molecule has 2 rings (SSSR count). The Morgan fingerprint density at radius 3 is 2.67 bits per heavy atom. The Bertz CT molecular complexity index is 424. The first-order valence-electron chi connectivity index (χ1n) is 6.68. The molecule has 18 heavy (non-hydrogen) atoms. The number of carbonyl (C=O) groups is 1. The van der Waals surface area contributed by atoms with E-state index in [1.165, 1.54) is 5.56 Å². The standard InChI is InChI=1S/C16H21NO/c1-3-17(12-14-7-5-4-6-8-14)15-10-9-13(2)11-16(15)18/h4-8,15H,2-3,9-12H2,1H3. The molecule has 1 fully saturated rings. The van der Waals surface area contributed by atoms with Gasteiger partial charge >= 0.3 is 0 Å². The van der Waals surface area contributed by atoms with Crippen LogP contribution in [0.15, 0.2) is 42.5 Å². The molecule has 0 aromatic heterocycles. The smallest absolute Gasteiger partial charge is 0.153 e. The van der Waals surface area contributed by atoms with E-state index < -0.39 is 0 Å². The molecule has 0 N–H and O–H groups in total. The first kappa shape index (κ1) is 13.0. The predicted octanol–water partition coefficient (Wildman–Crippen LogP) is 3.19. The summed E-state index contributed by atoms with van der Waals surface area (Å²) in [6.45, 7) is 7.83. The summed E-state index contributed by atoms with van der Waals surface area (Å²) < 4.78 is 0. The Balaban J connectivity index is 2.04. The van der Waals surface area contributed by atoms with Gasteiger partial charge in [-0.2, -0.15) is 0 Å². The Morgan fingerprint density at radius 2 is 2.06 bits per heavy atom. The lowest BCUT2D eigenvalue weighted by atomic mass is 9.89. The molecule has 1 saturated carbocycles. The van der Waals surface area contributed by atoms with Gasteiger partial charge in [0, 0.05) is 13.0 Å². The van der Waals surface area contributed by atoms with E-state index in [4.69, 9.17) is 0 Å². The third-order valence-corrected chi connectivity index (χ3v) is 3.64. The number of likely N-dealkylation sites (N-methyl/N-ethyl adjacent to an activating group) is 1. The number of nitrogens with zero attached hydrogens (tertiary/aromatic N) is 1. The lowest BCUT2D eigenvalue weighted by Crippen LogP contribution is -2.42. The second kappa shape index (κ2) is 5.96. The molecule has 0 spiro atoms. The average Bonchev–Trinajstić information content (AvgIpc) is 2.38. The maximum absolute atomic E-state index is 12.1. The van der Waals surface area contributed by atoms with Crippen molar-refractivity contribution in [2.24, 2.45) is 0 Å². The van der Waals surface area contributed by atoms with Crippen molar-refractivity contribution in [3.8, 4) is 0 Å². The third-order valence-electron chi connectivity index (χ3n) is 3.64. The zero-order valence-electron chi connectivity index (χ0n) is 11.1. The van der Waals surface area contributed by atoms with Crippen molar-refractivity contribution in [3.05, 3.63) is 48.0 Å². The maximum Gasteiger partial charge on any atom is 0.153 e. The second-order valence-electron chi connectivity index (χ2n) is 5.00. The van der Waals surface area contributed by atoms with Crippen molar-refractivity contribution in [2.75, 3.05) is 6.54 Å². The lowest BCUT2D eigenvalue weighted by molar-refractivity contribution is -0.125. The highest BCUT2D eigenvalue weighted by molar-refractivity contribution is 5.87. The molecule has 1 unspecified atom stereocenters. The van der Waals surface area contributed by atoms with E-state index >= 15 is 0 Å². The highest BCUT2D eigenvalue weighted by atomic mass is 16.1. The zero-order chi connectivity index (χ0) is 13.0. The highest BCUT2D eigenvalue weighted by Gasteiger charge is 2.28. The summed E-state index contributed by atoms with van der Waals surface area (Å²) in [5.74, 6) is 0.337. The van der Waals surface area contributed by atoms with Gasteiger partial charge in [0.2, 0.25) is 0 Å². The number of rotatable bonds is 4. The molecule has 1 aliphatic rings. The first-order chi connectivity index (χ1) is 8.70. The van der Waals surface area contributed by atoms with Crippen molar-refractivity contribution >= 4 is 5.78 Å². The number of hydrogen-bond acceptors (Lipinski definition) is 2. The number of hydrogen-bond donors (Lipinski definition) is 0. The van der Waals surface area contributed by atoms with E-state index in [0.717, 1.165) is 31.5 Å². The zero-order valence-corrected chi connectivity index (χ0v) is 11.1. The minimum Gasteiger partial charge on any atom is -0.298 e. The topological polar surface area (TPSA) is 20.3 Å². The molecule has 1 aliphatic carbocycles. The Kier molecular flexibility index (Phi) is 4.32. The summed E-state index contributed by atoms with van der Waals surface area (Å²) in [6, 6.07) is 10.4. The van der Waals surface area contributed by atoms with Gasteiger partial charge < -0.3 is 0 Å². The fraction of sp³-hybridized carbons (Fsp3) is 0.438. The maximum atomic E-state index is 12.1. The van der Waals surface area contributed by atoms with Crippen LogP contribution in [0.2, 0.25) is 0 Å². The summed E-state index contributed by atoms with van der Waals surface area (Å²) in [6.07, 6.45) is 2.48. The quantitative estimate of drug-likeness (QED) is 0.757. The van der Waals surface area contributed by atoms with Crippen molar-refractivity contribution < 1.29 is 4.79 Å². The Morgan fingerprint density at radius 1 is 1.33 bits per heavy atom. The van der Waals surface area contributed by atoms with Crippen LogP contribution in [0.25, 0.3) is 0 Å². The van der Waals surface area contributed by atoms with Crippen molar-refractivity contribution in [2.45, 2.75) is 38.8 Å². The van der Waals surface area contributed by atoms with Gasteiger partial charge in [-0.3, -0.25) is 9.69 Å².